The van der Waals surface area contributed by atoms with Crippen LogP contribution in [-0.4, -0.2) is 66.5 Å². The van der Waals surface area contributed by atoms with Crippen LogP contribution in [0.15, 0.2) is 41.6 Å². The van der Waals surface area contributed by atoms with E-state index in [1.807, 2.05) is 6.92 Å². The quantitative estimate of drug-likeness (QED) is 0.137. The number of carboxylic acid groups (broad SMARTS) is 1. The second-order valence-electron chi connectivity index (χ2n) is 8.53. The predicted octanol–water partition coefficient (Wildman–Crippen LogP) is -2.60. The Morgan fingerprint density at radius 1 is 1.39 bits per heavy atom. The van der Waals surface area contributed by atoms with Crippen molar-refractivity contribution in [2.24, 2.45) is 17.6 Å². The number of imidazole rings is 1. The van der Waals surface area contributed by atoms with E-state index in [4.69, 9.17) is 5.73 Å². The van der Waals surface area contributed by atoms with Crippen LogP contribution < -0.4 is 40.4 Å². The molecule has 182 valence electrons. The molecular weight excluding hydrogens is 513 g/mol. The summed E-state index contributed by atoms with van der Waals surface area (Å²) in [6.07, 6.45) is 3.89. The van der Waals surface area contributed by atoms with Gasteiger partial charge >= 0.3 is 29.6 Å². The van der Waals surface area contributed by atoms with Crippen LogP contribution in [0.1, 0.15) is 34.8 Å². The molecule has 10 nitrogen and oxygen atoms in total. The van der Waals surface area contributed by atoms with Gasteiger partial charge < -0.3 is 25.6 Å². The Labute approximate surface area is 236 Å². The number of aliphatic hydroxyl groups excluding tert-OH is 1. The Morgan fingerprint density at radius 3 is 2.75 bits per heavy atom. The van der Waals surface area contributed by atoms with E-state index in [0.29, 0.717) is 38.3 Å². The maximum Gasteiger partial charge on any atom is 1.00 e. The predicted molar refractivity (Wildman–Crippen MR) is 127 cm³/mol. The topological polar surface area (TPSA) is 154 Å². The number of β-lactam (4-membered cyclic amide) rings is 1. The van der Waals surface area contributed by atoms with E-state index >= 15 is 0 Å². The Balaban J connectivity index is 0.00000304. The zero-order valence-electron chi connectivity index (χ0n) is 19.9. The minimum Gasteiger partial charge on any atom is -0.543 e. The SMILES string of the molecule is C[C@@H](O)[C@H]1C(=O)N2C(C(=O)[O-])=C(c3cn4c(SCCN)nc(C(=O)c5cccnc5)c4s3)[C@H](C)[C@H]12.[Na+]. The number of carbonyl (C=O) groups excluding carboxylic acids is 3. The third-order valence-electron chi connectivity index (χ3n) is 6.41. The van der Waals surface area contributed by atoms with Crippen LogP contribution in [0.5, 0.6) is 0 Å². The number of hydrogen-bond donors (Lipinski definition) is 2. The minimum atomic E-state index is -1.45. The number of rotatable bonds is 8. The first-order valence-corrected chi connectivity index (χ1v) is 12.8. The Kier molecular flexibility index (Phi) is 7.77. The van der Waals surface area contributed by atoms with Crippen LogP contribution in [0.4, 0.5) is 0 Å². The summed E-state index contributed by atoms with van der Waals surface area (Å²) in [6.45, 7) is 3.78. The molecule has 0 bridgehead atoms. The molecule has 13 heteroatoms. The molecule has 2 aliphatic heterocycles. The molecule has 36 heavy (non-hydrogen) atoms. The van der Waals surface area contributed by atoms with Crippen molar-refractivity contribution in [3.05, 3.63) is 52.6 Å². The van der Waals surface area contributed by atoms with Gasteiger partial charge in [-0.25, -0.2) is 4.98 Å². The fourth-order valence-electron chi connectivity index (χ4n) is 4.90. The van der Waals surface area contributed by atoms with E-state index in [9.17, 15) is 24.6 Å². The number of aliphatic carboxylic acids is 1. The third kappa shape index (κ3) is 4.14. The standard InChI is InChI=1S/C23H23N5O5S2.Na/c1-10-14(18(22(32)33)28-17(10)15(11(2)29)20(28)31)13-9-27-21(35-13)16(26-23(27)34-7-5-24)19(30)12-4-3-6-25-8-12;/h3-4,6,8-11,15,17,29H,5,7,24H2,1-2H3,(H,32,33);/q;+1/p-1/t10-,11+,15+,17+;/m0./s1. The molecule has 3 aromatic rings. The number of amides is 1. The average Bonchev–Trinajstić information content (AvgIpc) is 3.46. The smallest absolute Gasteiger partial charge is 0.543 e. The van der Waals surface area contributed by atoms with E-state index in [0.717, 1.165) is 0 Å². The summed E-state index contributed by atoms with van der Waals surface area (Å²) in [5, 5.41) is 22.8. The van der Waals surface area contributed by atoms with Gasteiger partial charge in [0.15, 0.2) is 5.16 Å². The van der Waals surface area contributed by atoms with Gasteiger partial charge in [-0.3, -0.25) is 19.0 Å². The molecule has 0 aliphatic carbocycles. The van der Waals surface area contributed by atoms with Crippen LogP contribution in [0.3, 0.4) is 0 Å². The van der Waals surface area contributed by atoms with Gasteiger partial charge in [-0.05, 0) is 19.1 Å². The van der Waals surface area contributed by atoms with E-state index < -0.39 is 29.9 Å². The Hall–Kier alpha value is -2.06. The van der Waals surface area contributed by atoms with E-state index in [1.165, 1.54) is 41.1 Å². The van der Waals surface area contributed by atoms with Gasteiger partial charge in [-0.15, -0.1) is 11.3 Å². The first-order chi connectivity index (χ1) is 16.8. The van der Waals surface area contributed by atoms with Gasteiger partial charge in [-0.1, -0.05) is 18.7 Å². The van der Waals surface area contributed by atoms with Crippen LogP contribution >= 0.6 is 23.1 Å². The number of fused-ring (bicyclic) bond motifs is 2. The Morgan fingerprint density at radius 2 is 2.14 bits per heavy atom. The molecule has 5 rings (SSSR count). The maximum absolute atomic E-state index is 13.2. The van der Waals surface area contributed by atoms with Crippen molar-refractivity contribution in [1.82, 2.24) is 19.3 Å². The molecule has 1 amide bonds. The summed E-state index contributed by atoms with van der Waals surface area (Å²) < 4.78 is 1.76. The van der Waals surface area contributed by atoms with Crippen molar-refractivity contribution in [2.75, 3.05) is 12.3 Å². The van der Waals surface area contributed by atoms with Gasteiger partial charge in [0, 0.05) is 47.9 Å². The average molecular weight is 536 g/mol. The summed E-state index contributed by atoms with van der Waals surface area (Å²) in [5.74, 6) is -2.63. The molecule has 4 atom stereocenters. The largest absolute Gasteiger partial charge is 1.00 e. The van der Waals surface area contributed by atoms with E-state index in [2.05, 4.69) is 9.97 Å². The van der Waals surface area contributed by atoms with E-state index in [-0.39, 0.29) is 52.6 Å². The fourth-order valence-corrected chi connectivity index (χ4v) is 6.93. The molecule has 2 aliphatic rings. The number of carboxylic acids is 1. The number of hydrogen-bond acceptors (Lipinski definition) is 10. The number of carbonyl (C=O) groups is 3. The molecule has 0 unspecified atom stereocenters. The summed E-state index contributed by atoms with van der Waals surface area (Å²) in [5.41, 5.74) is 6.56. The molecule has 0 saturated carbocycles. The van der Waals surface area contributed by atoms with Crippen molar-refractivity contribution in [3.8, 4) is 0 Å². The van der Waals surface area contributed by atoms with Gasteiger partial charge in [-0.2, -0.15) is 0 Å². The van der Waals surface area contributed by atoms with Gasteiger partial charge in [0.1, 0.15) is 10.5 Å². The first kappa shape index (κ1) is 27.0. The number of thioether (sulfide) groups is 1. The third-order valence-corrected chi connectivity index (χ3v) is 8.52. The number of aromatic nitrogens is 3. The van der Waals surface area contributed by atoms with Crippen molar-refractivity contribution >= 4 is 51.2 Å². The van der Waals surface area contributed by atoms with Gasteiger partial charge in [0.25, 0.3) is 0 Å². The van der Waals surface area contributed by atoms with Crippen molar-refractivity contribution in [3.63, 3.8) is 0 Å². The zero-order valence-corrected chi connectivity index (χ0v) is 23.5. The van der Waals surface area contributed by atoms with Crippen LogP contribution in [0, 0.1) is 11.8 Å². The van der Waals surface area contributed by atoms with Crippen molar-refractivity contribution in [1.29, 1.82) is 0 Å². The number of nitrogens with two attached hydrogens (primary N) is 1. The van der Waals surface area contributed by atoms with Gasteiger partial charge in [0.2, 0.25) is 11.7 Å². The minimum absolute atomic E-state index is 0. The number of ketones is 1. The molecule has 0 spiro atoms. The molecular formula is C23H22N5NaO5S2. The van der Waals surface area contributed by atoms with Gasteiger partial charge in [0.05, 0.1) is 34.6 Å². The normalized spacial score (nSPS) is 21.8. The van der Waals surface area contributed by atoms with Crippen molar-refractivity contribution < 1.29 is 54.2 Å². The molecule has 1 fully saturated rings. The molecule has 3 N–H and O–H groups in total. The fraction of sp³-hybridized carbons (Fsp3) is 0.348. The first-order valence-electron chi connectivity index (χ1n) is 11.0. The summed E-state index contributed by atoms with van der Waals surface area (Å²) in [6, 6.07) is 2.86. The van der Waals surface area contributed by atoms with Crippen LogP contribution in [0.2, 0.25) is 0 Å². The summed E-state index contributed by atoms with van der Waals surface area (Å²) in [4.78, 5) is 49.0. The summed E-state index contributed by atoms with van der Waals surface area (Å²) >= 11 is 2.62. The van der Waals surface area contributed by atoms with Crippen LogP contribution in [0.25, 0.3) is 10.4 Å². The molecule has 0 radical (unpaired) electrons. The maximum atomic E-state index is 13.2. The molecule has 3 aromatic heterocycles. The van der Waals surface area contributed by atoms with E-state index in [1.54, 1.807) is 28.9 Å². The molecule has 1 saturated heterocycles. The number of aliphatic hydroxyl groups is 1. The second-order valence-corrected chi connectivity index (χ2v) is 10.6. The molecule has 0 aromatic carbocycles. The van der Waals surface area contributed by atoms with Crippen LogP contribution in [-0.2, 0) is 9.59 Å². The van der Waals surface area contributed by atoms with Crippen molar-refractivity contribution in [2.45, 2.75) is 31.1 Å². The Bertz CT molecular complexity index is 1390. The number of nitrogens with zero attached hydrogens (tertiary/aromatic N) is 4. The number of pyridine rings is 1. The summed E-state index contributed by atoms with van der Waals surface area (Å²) in [7, 11) is 0. The monoisotopic (exact) mass is 535 g/mol. The zero-order chi connectivity index (χ0) is 25.0. The second kappa shape index (κ2) is 10.4. The molecule has 5 heterocycles. The number of thiazole rings is 1.